The molecule has 6 rings (SSSR count). The Kier molecular flexibility index (Phi) is 9.70. The number of carbonyl (C=O) groups excluding carboxylic acids is 2. The minimum atomic E-state index is -0.896. The number of hydrogen-bond donors (Lipinski definition) is 2. The van der Waals surface area contributed by atoms with E-state index in [9.17, 15) is 23.9 Å². The molecule has 5 saturated carbocycles. The van der Waals surface area contributed by atoms with Crippen LogP contribution in [0.4, 0.5) is 4.39 Å². The monoisotopic (exact) mass is 705 g/mol. The molecule has 0 saturated heterocycles. The van der Waals surface area contributed by atoms with E-state index in [-0.39, 0.29) is 64.2 Å². The van der Waals surface area contributed by atoms with E-state index in [1.807, 2.05) is 13.8 Å². The molecule has 0 bridgehead atoms. The van der Waals surface area contributed by atoms with Crippen LogP contribution in [0.25, 0.3) is 0 Å². The zero-order valence-corrected chi connectivity index (χ0v) is 32.6. The summed E-state index contributed by atoms with van der Waals surface area (Å²) >= 11 is 0. The van der Waals surface area contributed by atoms with Crippen molar-refractivity contribution in [1.29, 1.82) is 0 Å². The van der Waals surface area contributed by atoms with Crippen molar-refractivity contribution in [2.45, 2.75) is 145 Å². The van der Waals surface area contributed by atoms with Crippen molar-refractivity contribution in [3.8, 4) is 0 Å². The van der Waals surface area contributed by atoms with Gasteiger partial charge in [-0.2, -0.15) is 0 Å². The molecule has 2 N–H and O–H groups in total. The SMILES string of the molecule is C=C(C)[C@@H]1CC[C@]2(C(=O)NCc3ccc(F)cc3)CC[C@]3(C)[C@H](CCC4[C@@]5(C)CC[C@H](OC(=O)CC(C)(C)CC(=O)O)C(C)(C)C5CC[C@]43C)C12. The molecule has 1 amide bonds. The van der Waals surface area contributed by atoms with Crippen LogP contribution < -0.4 is 5.32 Å². The highest BCUT2D eigenvalue weighted by atomic mass is 19.1. The van der Waals surface area contributed by atoms with E-state index in [0.717, 1.165) is 69.8 Å². The maximum Gasteiger partial charge on any atom is 0.306 e. The highest BCUT2D eigenvalue weighted by Crippen LogP contribution is 2.77. The smallest absolute Gasteiger partial charge is 0.306 e. The molecule has 0 spiro atoms. The van der Waals surface area contributed by atoms with Crippen LogP contribution in [0.1, 0.15) is 138 Å². The summed E-state index contributed by atoms with van der Waals surface area (Å²) in [5, 5.41) is 12.7. The Morgan fingerprint density at radius 3 is 2.22 bits per heavy atom. The summed E-state index contributed by atoms with van der Waals surface area (Å²) < 4.78 is 19.8. The zero-order chi connectivity index (χ0) is 37.4. The van der Waals surface area contributed by atoms with Gasteiger partial charge in [0.15, 0.2) is 0 Å². The van der Waals surface area contributed by atoms with Gasteiger partial charge in [0.05, 0.1) is 18.3 Å². The Bertz CT molecular complexity index is 1550. The third-order valence-corrected chi connectivity index (χ3v) is 16.4. The number of aliphatic carboxylic acids is 1. The van der Waals surface area contributed by atoms with E-state index in [1.54, 1.807) is 12.1 Å². The van der Waals surface area contributed by atoms with Gasteiger partial charge >= 0.3 is 11.9 Å². The Morgan fingerprint density at radius 1 is 0.882 bits per heavy atom. The minimum absolute atomic E-state index is 0.0629. The molecule has 0 aromatic heterocycles. The highest BCUT2D eigenvalue weighted by molar-refractivity contribution is 5.84. The van der Waals surface area contributed by atoms with Crippen molar-refractivity contribution < 1.29 is 28.6 Å². The number of esters is 1. The first-order valence-electron chi connectivity index (χ1n) is 19.8. The number of carboxylic acids is 1. The number of ether oxygens (including phenoxy) is 1. The van der Waals surface area contributed by atoms with Gasteiger partial charge in [-0.05, 0) is 140 Å². The quantitative estimate of drug-likeness (QED) is 0.197. The van der Waals surface area contributed by atoms with Crippen molar-refractivity contribution in [2.24, 2.45) is 62.1 Å². The number of carboxylic acid groups (broad SMARTS) is 1. The summed E-state index contributed by atoms with van der Waals surface area (Å²) in [6, 6.07) is 6.44. The molecule has 5 aliphatic carbocycles. The summed E-state index contributed by atoms with van der Waals surface area (Å²) in [6.07, 6.45) is 10.1. The van der Waals surface area contributed by atoms with Gasteiger partial charge in [0, 0.05) is 12.0 Å². The van der Waals surface area contributed by atoms with Gasteiger partial charge in [-0.1, -0.05) is 72.8 Å². The summed E-state index contributed by atoms with van der Waals surface area (Å²) in [6.45, 7) is 23.1. The van der Waals surface area contributed by atoms with E-state index >= 15 is 0 Å². The number of fused-ring (bicyclic) bond motifs is 7. The predicted molar refractivity (Wildman–Crippen MR) is 198 cm³/mol. The molecule has 1 aromatic rings. The summed E-state index contributed by atoms with van der Waals surface area (Å²) in [7, 11) is 0. The zero-order valence-electron chi connectivity index (χ0n) is 32.6. The van der Waals surface area contributed by atoms with Crippen LogP contribution in [0.2, 0.25) is 0 Å². The first-order valence-corrected chi connectivity index (χ1v) is 19.8. The maximum absolute atomic E-state index is 14.4. The van der Waals surface area contributed by atoms with Crippen LogP contribution in [-0.4, -0.2) is 29.1 Å². The molecule has 6 nitrogen and oxygen atoms in total. The Labute approximate surface area is 306 Å². The molecule has 282 valence electrons. The maximum atomic E-state index is 14.4. The summed E-state index contributed by atoms with van der Waals surface area (Å²) in [5.74, 6) is 0.719. The van der Waals surface area contributed by atoms with Gasteiger partial charge in [-0.15, -0.1) is 0 Å². The van der Waals surface area contributed by atoms with Crippen LogP contribution in [0.3, 0.4) is 0 Å². The lowest BCUT2D eigenvalue weighted by molar-refractivity contribution is -0.249. The standard InChI is InChI=1S/C44H64FNO5/c1-27(2)30-16-21-44(38(50)46-26-28-10-12-29(45)13-11-28)23-22-42(8)31(37(30)44)14-15-33-41(7)19-18-34(40(5,6)32(41)17-20-43(33,42)9)51-36(49)25-39(3,4)24-35(47)48/h10-13,30-34,37H,1,14-26H2,2-9H3,(H,46,50)(H,47,48)/t30-,31+,32?,33?,34-,37?,41-,42+,43+,44-/m0/s1. The summed E-state index contributed by atoms with van der Waals surface area (Å²) in [4.78, 5) is 39.0. The molecule has 5 fully saturated rings. The number of nitrogens with one attached hydrogen (secondary N) is 1. The molecule has 3 unspecified atom stereocenters. The first kappa shape index (κ1) is 38.0. The number of hydrogen-bond acceptors (Lipinski definition) is 4. The number of allylic oxidation sites excluding steroid dienone is 1. The fourth-order valence-electron chi connectivity index (χ4n) is 13.7. The van der Waals surface area contributed by atoms with Gasteiger partial charge in [0.2, 0.25) is 5.91 Å². The molecule has 1 aromatic carbocycles. The van der Waals surface area contributed by atoms with Crippen molar-refractivity contribution in [1.82, 2.24) is 5.32 Å². The average Bonchev–Trinajstić information content (AvgIpc) is 3.43. The topological polar surface area (TPSA) is 92.7 Å². The molecule has 0 radical (unpaired) electrons. The van der Waals surface area contributed by atoms with E-state index in [0.29, 0.717) is 30.2 Å². The van der Waals surface area contributed by atoms with Gasteiger partial charge in [-0.25, -0.2) is 4.39 Å². The Morgan fingerprint density at radius 2 is 1.57 bits per heavy atom. The number of carbonyl (C=O) groups is 3. The molecule has 5 aliphatic rings. The van der Waals surface area contributed by atoms with Crippen molar-refractivity contribution >= 4 is 17.8 Å². The normalized spacial score (nSPS) is 39.8. The lowest BCUT2D eigenvalue weighted by atomic mass is 9.32. The van der Waals surface area contributed by atoms with E-state index in [1.165, 1.54) is 17.7 Å². The molecule has 51 heavy (non-hydrogen) atoms. The largest absolute Gasteiger partial charge is 0.481 e. The number of benzene rings is 1. The average molecular weight is 706 g/mol. The molecular formula is C44H64FNO5. The first-order chi connectivity index (χ1) is 23.7. The van der Waals surface area contributed by atoms with Gasteiger partial charge in [0.1, 0.15) is 11.9 Å². The number of amides is 1. The lowest BCUT2D eigenvalue weighted by Gasteiger charge is -2.72. The fraction of sp³-hybridized carbons (Fsp3) is 0.750. The molecule has 0 heterocycles. The van der Waals surface area contributed by atoms with E-state index in [2.05, 4.69) is 53.4 Å². The fourth-order valence-corrected chi connectivity index (χ4v) is 13.7. The number of rotatable bonds is 9. The van der Waals surface area contributed by atoms with Crippen molar-refractivity contribution in [3.05, 3.63) is 47.8 Å². The van der Waals surface area contributed by atoms with Gasteiger partial charge < -0.3 is 15.2 Å². The van der Waals surface area contributed by atoms with Crippen molar-refractivity contribution in [3.63, 3.8) is 0 Å². The second-order valence-electron chi connectivity index (χ2n) is 19.9. The van der Waals surface area contributed by atoms with Crippen LogP contribution in [-0.2, 0) is 25.7 Å². The molecule has 0 aliphatic heterocycles. The van der Waals surface area contributed by atoms with Crippen molar-refractivity contribution in [2.75, 3.05) is 0 Å². The molecule has 7 heteroatoms. The second-order valence-corrected chi connectivity index (χ2v) is 19.9. The van der Waals surface area contributed by atoms with Gasteiger partial charge in [-0.3, -0.25) is 14.4 Å². The van der Waals surface area contributed by atoms with E-state index < -0.39 is 16.8 Å². The minimum Gasteiger partial charge on any atom is -0.481 e. The Balaban J connectivity index is 1.23. The predicted octanol–water partition coefficient (Wildman–Crippen LogP) is 9.90. The third kappa shape index (κ3) is 6.18. The second kappa shape index (κ2) is 13.0. The van der Waals surface area contributed by atoms with Crippen LogP contribution >= 0.6 is 0 Å². The molecule has 10 atom stereocenters. The van der Waals surface area contributed by atoms with Gasteiger partial charge in [0.25, 0.3) is 0 Å². The Hall–Kier alpha value is -2.70. The highest BCUT2D eigenvalue weighted by Gasteiger charge is 2.72. The third-order valence-electron chi connectivity index (χ3n) is 16.4. The lowest BCUT2D eigenvalue weighted by Crippen LogP contribution is -2.67. The number of halogens is 1. The van der Waals surface area contributed by atoms with Crippen LogP contribution in [0.5, 0.6) is 0 Å². The van der Waals surface area contributed by atoms with E-state index in [4.69, 9.17) is 4.74 Å². The molecular weight excluding hydrogens is 641 g/mol. The van der Waals surface area contributed by atoms with Crippen LogP contribution in [0, 0.1) is 67.9 Å². The van der Waals surface area contributed by atoms with Crippen LogP contribution in [0.15, 0.2) is 36.4 Å². The summed E-state index contributed by atoms with van der Waals surface area (Å²) in [5.41, 5.74) is 1.21.